The number of fused-ring (bicyclic) bond motifs is 1. The van der Waals surface area contributed by atoms with Gasteiger partial charge in [0.1, 0.15) is 17.3 Å². The fraction of sp³-hybridized carbons (Fsp3) is 0.385. The highest BCUT2D eigenvalue weighted by molar-refractivity contribution is 5.93. The molecule has 1 aliphatic rings. The molecule has 8 heteroatoms. The first-order chi connectivity index (χ1) is 16.6. The fourth-order valence-electron chi connectivity index (χ4n) is 4.80. The van der Waals surface area contributed by atoms with Gasteiger partial charge in [-0.3, -0.25) is 9.36 Å². The zero-order valence-corrected chi connectivity index (χ0v) is 19.8. The largest absolute Gasteiger partial charge is 0.490 e. The third-order valence-corrected chi connectivity index (χ3v) is 6.62. The summed E-state index contributed by atoms with van der Waals surface area (Å²) in [6.45, 7) is 4.84. The Morgan fingerprint density at radius 2 is 2.03 bits per heavy atom. The average Bonchev–Trinajstić information content (AvgIpc) is 3.44. The molecule has 34 heavy (non-hydrogen) atoms. The molecule has 1 N–H and O–H groups in total. The number of aryl methyl sites for hydroxylation is 1. The lowest BCUT2D eigenvalue weighted by Gasteiger charge is -2.30. The van der Waals surface area contributed by atoms with Crippen molar-refractivity contribution >= 4 is 16.7 Å². The molecule has 1 saturated carbocycles. The Balaban J connectivity index is 1.40. The van der Waals surface area contributed by atoms with Crippen LogP contribution in [0.3, 0.4) is 0 Å². The van der Waals surface area contributed by atoms with E-state index in [1.807, 2.05) is 50.8 Å². The van der Waals surface area contributed by atoms with Crippen molar-refractivity contribution in [2.24, 2.45) is 7.05 Å². The number of ether oxygens (including phenoxy) is 1. The van der Waals surface area contributed by atoms with E-state index in [-0.39, 0.29) is 12.1 Å². The van der Waals surface area contributed by atoms with Crippen LogP contribution in [0.5, 0.6) is 5.75 Å². The predicted octanol–water partition coefficient (Wildman–Crippen LogP) is 5.01. The summed E-state index contributed by atoms with van der Waals surface area (Å²) < 4.78 is 10.3. The molecule has 4 aromatic rings. The van der Waals surface area contributed by atoms with Crippen molar-refractivity contribution in [2.75, 3.05) is 11.9 Å². The zero-order valence-electron chi connectivity index (χ0n) is 19.8. The molecular formula is C26H29N7O. The molecule has 0 saturated heterocycles. The van der Waals surface area contributed by atoms with Gasteiger partial charge in [-0.2, -0.15) is 15.5 Å². The van der Waals surface area contributed by atoms with Gasteiger partial charge in [0.2, 0.25) is 0 Å². The van der Waals surface area contributed by atoms with Crippen LogP contribution in [0.4, 0.5) is 5.82 Å². The van der Waals surface area contributed by atoms with Crippen molar-refractivity contribution in [3.8, 4) is 23.1 Å². The average molecular weight is 456 g/mol. The van der Waals surface area contributed by atoms with Crippen molar-refractivity contribution in [1.29, 1.82) is 5.26 Å². The van der Waals surface area contributed by atoms with E-state index in [9.17, 15) is 5.26 Å². The minimum Gasteiger partial charge on any atom is -0.490 e. The van der Waals surface area contributed by atoms with Crippen molar-refractivity contribution in [2.45, 2.75) is 51.7 Å². The second kappa shape index (κ2) is 9.18. The molecule has 1 aliphatic carbocycles. The Labute approximate surface area is 199 Å². The third-order valence-electron chi connectivity index (χ3n) is 6.62. The maximum Gasteiger partial charge on any atom is 0.128 e. The highest BCUT2D eigenvalue weighted by Gasteiger charge is 2.27. The van der Waals surface area contributed by atoms with Gasteiger partial charge in [0.05, 0.1) is 35.5 Å². The van der Waals surface area contributed by atoms with E-state index in [1.54, 1.807) is 4.68 Å². The van der Waals surface area contributed by atoms with E-state index in [0.717, 1.165) is 71.5 Å². The number of aromatic nitrogens is 5. The second-order valence-corrected chi connectivity index (χ2v) is 8.90. The molecule has 0 radical (unpaired) electrons. The van der Waals surface area contributed by atoms with Crippen molar-refractivity contribution in [1.82, 2.24) is 24.5 Å². The number of hydrogen-bond acceptors (Lipinski definition) is 6. The number of anilines is 1. The minimum absolute atomic E-state index is 0.141. The van der Waals surface area contributed by atoms with E-state index < -0.39 is 0 Å². The number of benzene rings is 1. The molecule has 1 fully saturated rings. The topological polar surface area (TPSA) is 93.6 Å². The van der Waals surface area contributed by atoms with Gasteiger partial charge in [-0.25, -0.2) is 4.98 Å². The lowest BCUT2D eigenvalue weighted by atomic mass is 9.92. The van der Waals surface area contributed by atoms with Crippen LogP contribution in [-0.2, 0) is 7.05 Å². The Morgan fingerprint density at radius 3 is 2.74 bits per heavy atom. The molecule has 1 aromatic carbocycles. The molecule has 0 amide bonds. The van der Waals surface area contributed by atoms with Crippen molar-refractivity contribution in [3.05, 3.63) is 54.0 Å². The number of nitrogens with one attached hydrogen (secondary N) is 1. The van der Waals surface area contributed by atoms with Crippen LogP contribution in [0, 0.1) is 18.3 Å². The lowest BCUT2D eigenvalue weighted by Crippen LogP contribution is -2.26. The Morgan fingerprint density at radius 1 is 1.21 bits per heavy atom. The molecule has 0 bridgehead atoms. The summed E-state index contributed by atoms with van der Waals surface area (Å²) in [5.74, 6) is 1.67. The summed E-state index contributed by atoms with van der Waals surface area (Å²) in [6.07, 6.45) is 9.74. The highest BCUT2D eigenvalue weighted by atomic mass is 16.5. The minimum atomic E-state index is 0.141. The summed E-state index contributed by atoms with van der Waals surface area (Å²) in [7, 11) is 1.92. The number of rotatable bonds is 6. The number of hydrogen-bond donors (Lipinski definition) is 1. The van der Waals surface area contributed by atoms with Gasteiger partial charge in [-0.1, -0.05) is 6.07 Å². The first-order valence-electron chi connectivity index (χ1n) is 11.8. The molecule has 8 nitrogen and oxygen atoms in total. The van der Waals surface area contributed by atoms with Crippen molar-refractivity contribution in [3.63, 3.8) is 0 Å². The molecule has 5 rings (SSSR count). The quantitative estimate of drug-likeness (QED) is 0.439. The number of pyridine rings is 1. The van der Waals surface area contributed by atoms with Gasteiger partial charge in [0.15, 0.2) is 0 Å². The maximum atomic E-state index is 9.31. The molecule has 3 aromatic heterocycles. The third kappa shape index (κ3) is 4.10. The van der Waals surface area contributed by atoms with E-state index in [4.69, 9.17) is 9.84 Å². The first kappa shape index (κ1) is 22.0. The summed E-state index contributed by atoms with van der Waals surface area (Å²) in [5, 5.41) is 23.1. The summed E-state index contributed by atoms with van der Waals surface area (Å²) >= 11 is 0. The van der Waals surface area contributed by atoms with Crippen LogP contribution in [0.2, 0.25) is 0 Å². The van der Waals surface area contributed by atoms with Crippen molar-refractivity contribution < 1.29 is 4.74 Å². The van der Waals surface area contributed by atoms with Crippen LogP contribution in [0.1, 0.15) is 49.8 Å². The standard InChI is InChI=1S/C26H29N7O/c1-4-28-25-12-23-22(15-29-25)26(19-14-30-32(3)16-19)31-33(23)20-8-10-21(11-9-20)34-24-7-5-6-18(13-27)17(24)2/h5-7,12,14-16,20-21H,4,8-11H2,1-3H3,(H,28,29)/t20-,21+. The molecule has 0 aliphatic heterocycles. The number of nitriles is 1. The smallest absolute Gasteiger partial charge is 0.128 e. The molecular weight excluding hydrogens is 426 g/mol. The maximum absolute atomic E-state index is 9.31. The normalized spacial score (nSPS) is 18.1. The Bertz CT molecular complexity index is 1360. The monoisotopic (exact) mass is 455 g/mol. The SMILES string of the molecule is CCNc1cc2c(cn1)c(-c1cnn(C)c1)nn2[C@H]1CC[C@@H](Oc2cccc(C#N)c2C)CC1. The van der Waals surface area contributed by atoms with E-state index in [0.29, 0.717) is 5.56 Å². The van der Waals surface area contributed by atoms with E-state index in [1.165, 1.54) is 0 Å². The van der Waals surface area contributed by atoms with Crippen LogP contribution in [0.25, 0.3) is 22.2 Å². The molecule has 0 atom stereocenters. The summed E-state index contributed by atoms with van der Waals surface area (Å²) in [5.41, 5.74) is 4.58. The second-order valence-electron chi connectivity index (χ2n) is 8.90. The van der Waals surface area contributed by atoms with Crippen LogP contribution >= 0.6 is 0 Å². The van der Waals surface area contributed by atoms with E-state index in [2.05, 4.69) is 39.1 Å². The Hall–Kier alpha value is -3.86. The summed E-state index contributed by atoms with van der Waals surface area (Å²) in [6, 6.07) is 10.3. The summed E-state index contributed by atoms with van der Waals surface area (Å²) in [4.78, 5) is 4.59. The van der Waals surface area contributed by atoms with E-state index >= 15 is 0 Å². The van der Waals surface area contributed by atoms with Gasteiger partial charge in [-0.05, 0) is 51.7 Å². The van der Waals surface area contributed by atoms with Crippen LogP contribution < -0.4 is 10.1 Å². The molecule has 174 valence electrons. The van der Waals surface area contributed by atoms with Crippen LogP contribution in [-0.4, -0.2) is 37.2 Å². The number of nitrogens with zero attached hydrogens (tertiary/aromatic N) is 6. The van der Waals surface area contributed by atoms with Gasteiger partial charge >= 0.3 is 0 Å². The highest BCUT2D eigenvalue weighted by Crippen LogP contribution is 2.37. The van der Waals surface area contributed by atoms with Gasteiger partial charge in [-0.15, -0.1) is 0 Å². The Kier molecular flexibility index (Phi) is 5.93. The fourth-order valence-corrected chi connectivity index (χ4v) is 4.80. The first-order valence-corrected chi connectivity index (χ1v) is 11.8. The molecule has 0 unspecified atom stereocenters. The van der Waals surface area contributed by atoms with Gasteiger partial charge in [0.25, 0.3) is 0 Å². The van der Waals surface area contributed by atoms with Crippen LogP contribution in [0.15, 0.2) is 42.9 Å². The molecule has 0 spiro atoms. The van der Waals surface area contributed by atoms with Gasteiger partial charge < -0.3 is 10.1 Å². The lowest BCUT2D eigenvalue weighted by molar-refractivity contribution is 0.130. The predicted molar refractivity (Wildman–Crippen MR) is 132 cm³/mol. The van der Waals surface area contributed by atoms with Gasteiger partial charge in [0, 0.05) is 48.6 Å². The zero-order chi connectivity index (χ0) is 23.7. The molecule has 3 heterocycles.